The number of carbonyl (C=O) groups excluding carboxylic acids is 1. The zero-order chi connectivity index (χ0) is 18.4. The van der Waals surface area contributed by atoms with E-state index >= 15 is 0 Å². The topological polar surface area (TPSA) is 91.2 Å². The van der Waals surface area contributed by atoms with Crippen molar-refractivity contribution >= 4 is 22.6 Å². The number of carbonyl (C=O) groups is 1. The number of nitrogens with zero attached hydrogens (tertiary/aromatic N) is 5. The van der Waals surface area contributed by atoms with Gasteiger partial charge in [0.1, 0.15) is 23.6 Å². The number of nitrogens with one attached hydrogen (secondary N) is 1. The molecule has 0 unspecified atom stereocenters. The summed E-state index contributed by atoms with van der Waals surface area (Å²) in [4.78, 5) is 29.2. The first-order valence-electron chi connectivity index (χ1n) is 9.34. The number of anilines is 1. The minimum absolute atomic E-state index is 0.0196. The second-order valence-corrected chi connectivity index (χ2v) is 7.82. The van der Waals surface area contributed by atoms with E-state index in [-0.39, 0.29) is 11.2 Å². The number of aromatic amines is 1. The maximum atomic E-state index is 12.6. The van der Waals surface area contributed by atoms with Gasteiger partial charge in [-0.15, -0.1) is 0 Å². The Balaban J connectivity index is 1.36. The average Bonchev–Trinajstić information content (AvgIpc) is 3.07. The van der Waals surface area contributed by atoms with Gasteiger partial charge >= 0.3 is 0 Å². The number of hydrogen-bond donors (Lipinski definition) is 1. The van der Waals surface area contributed by atoms with Gasteiger partial charge in [0.15, 0.2) is 11.5 Å². The molecule has 5 rings (SSSR count). The van der Waals surface area contributed by atoms with Crippen LogP contribution in [0.5, 0.6) is 0 Å². The van der Waals surface area contributed by atoms with Crippen LogP contribution in [0.1, 0.15) is 29.1 Å². The van der Waals surface area contributed by atoms with Gasteiger partial charge in [-0.3, -0.25) is 9.69 Å². The SMILES string of the molecule is Cc1cc(C(=O)CN2CCN(c3ncnc4[nH]ccc34)CC3(CC3)C2)no1. The molecule has 3 aromatic rings. The molecule has 8 heteroatoms. The Morgan fingerprint density at radius 3 is 2.96 bits per heavy atom. The van der Waals surface area contributed by atoms with E-state index in [0.29, 0.717) is 18.0 Å². The smallest absolute Gasteiger partial charge is 0.198 e. The zero-order valence-corrected chi connectivity index (χ0v) is 15.3. The number of fused-ring (bicyclic) bond motifs is 1. The lowest BCUT2D eigenvalue weighted by atomic mass is 10.1. The molecule has 4 heterocycles. The van der Waals surface area contributed by atoms with Gasteiger partial charge in [0.05, 0.1) is 11.9 Å². The van der Waals surface area contributed by atoms with E-state index in [1.54, 1.807) is 19.3 Å². The van der Waals surface area contributed by atoms with Crippen LogP contribution in [0, 0.1) is 12.3 Å². The highest BCUT2D eigenvalue weighted by Crippen LogP contribution is 2.48. The lowest BCUT2D eigenvalue weighted by Crippen LogP contribution is -2.35. The Hall–Kier alpha value is -2.74. The highest BCUT2D eigenvalue weighted by atomic mass is 16.5. The van der Waals surface area contributed by atoms with E-state index in [0.717, 1.165) is 43.0 Å². The van der Waals surface area contributed by atoms with Crippen LogP contribution in [0.3, 0.4) is 0 Å². The van der Waals surface area contributed by atoms with Crippen molar-refractivity contribution in [3.05, 3.63) is 36.1 Å². The van der Waals surface area contributed by atoms with Crippen molar-refractivity contribution in [2.45, 2.75) is 19.8 Å². The van der Waals surface area contributed by atoms with Crippen LogP contribution in [0.4, 0.5) is 5.82 Å². The predicted molar refractivity (Wildman–Crippen MR) is 99.8 cm³/mol. The van der Waals surface area contributed by atoms with Crippen molar-refractivity contribution in [1.82, 2.24) is 25.0 Å². The van der Waals surface area contributed by atoms with Crippen molar-refractivity contribution < 1.29 is 9.32 Å². The lowest BCUT2D eigenvalue weighted by Gasteiger charge is -2.25. The van der Waals surface area contributed by atoms with E-state index in [1.165, 1.54) is 12.8 Å². The number of aryl methyl sites for hydroxylation is 1. The van der Waals surface area contributed by atoms with Gasteiger partial charge in [0.25, 0.3) is 0 Å². The summed E-state index contributed by atoms with van der Waals surface area (Å²) in [6, 6.07) is 3.74. The molecular formula is C19H22N6O2. The zero-order valence-electron chi connectivity index (χ0n) is 15.3. The number of hydrogen-bond acceptors (Lipinski definition) is 7. The van der Waals surface area contributed by atoms with Gasteiger partial charge in [-0.25, -0.2) is 9.97 Å². The quantitative estimate of drug-likeness (QED) is 0.707. The fraction of sp³-hybridized carbons (Fsp3) is 0.474. The summed E-state index contributed by atoms with van der Waals surface area (Å²) < 4.78 is 5.05. The molecule has 1 saturated heterocycles. The van der Waals surface area contributed by atoms with Crippen molar-refractivity contribution in [1.29, 1.82) is 0 Å². The van der Waals surface area contributed by atoms with Crippen molar-refractivity contribution in [2.75, 3.05) is 37.6 Å². The van der Waals surface area contributed by atoms with Crippen LogP contribution in [0.25, 0.3) is 11.0 Å². The molecule has 0 aromatic carbocycles. The number of rotatable bonds is 4. The monoisotopic (exact) mass is 366 g/mol. The Bertz CT molecular complexity index is 989. The third-order valence-electron chi connectivity index (χ3n) is 5.64. The molecule has 2 aliphatic rings. The van der Waals surface area contributed by atoms with Crippen LogP contribution >= 0.6 is 0 Å². The van der Waals surface area contributed by atoms with Gasteiger partial charge in [-0.2, -0.15) is 0 Å². The summed E-state index contributed by atoms with van der Waals surface area (Å²) in [5.41, 5.74) is 1.54. The first-order chi connectivity index (χ1) is 13.1. The molecule has 1 saturated carbocycles. The second-order valence-electron chi connectivity index (χ2n) is 7.82. The fourth-order valence-corrected chi connectivity index (χ4v) is 4.05. The Morgan fingerprint density at radius 2 is 2.19 bits per heavy atom. The molecular weight excluding hydrogens is 344 g/mol. The summed E-state index contributed by atoms with van der Waals surface area (Å²) in [5, 5.41) is 4.92. The lowest BCUT2D eigenvalue weighted by molar-refractivity contribution is 0.0915. The minimum Gasteiger partial charge on any atom is -0.361 e. The van der Waals surface area contributed by atoms with Gasteiger partial charge in [-0.1, -0.05) is 5.16 Å². The van der Waals surface area contributed by atoms with Crippen LogP contribution in [-0.2, 0) is 0 Å². The van der Waals surface area contributed by atoms with Crippen LogP contribution in [0.15, 0.2) is 29.2 Å². The largest absolute Gasteiger partial charge is 0.361 e. The molecule has 1 aliphatic carbocycles. The molecule has 1 aliphatic heterocycles. The van der Waals surface area contributed by atoms with Crippen molar-refractivity contribution in [3.8, 4) is 0 Å². The number of ketones is 1. The fourth-order valence-electron chi connectivity index (χ4n) is 4.05. The number of Topliss-reactive ketones (excluding diaryl/α,β-unsaturated/α-hetero) is 1. The second kappa shape index (κ2) is 6.16. The number of H-pyrrole nitrogens is 1. The molecule has 1 N–H and O–H groups in total. The van der Waals surface area contributed by atoms with Gasteiger partial charge in [0, 0.05) is 43.9 Å². The van der Waals surface area contributed by atoms with Crippen molar-refractivity contribution in [3.63, 3.8) is 0 Å². The average molecular weight is 366 g/mol. The maximum absolute atomic E-state index is 12.6. The molecule has 27 heavy (non-hydrogen) atoms. The first-order valence-corrected chi connectivity index (χ1v) is 9.34. The Kier molecular flexibility index (Phi) is 3.75. The molecule has 0 atom stereocenters. The highest BCUT2D eigenvalue weighted by molar-refractivity contribution is 5.95. The minimum atomic E-state index is 0.0196. The molecule has 0 radical (unpaired) electrons. The summed E-state index contributed by atoms with van der Waals surface area (Å²) >= 11 is 0. The first kappa shape index (κ1) is 16.4. The summed E-state index contributed by atoms with van der Waals surface area (Å²) in [7, 11) is 0. The molecule has 2 fully saturated rings. The Labute approximate surface area is 156 Å². The van der Waals surface area contributed by atoms with Crippen LogP contribution in [0.2, 0.25) is 0 Å². The normalized spacial score (nSPS) is 19.5. The molecule has 8 nitrogen and oxygen atoms in total. The van der Waals surface area contributed by atoms with Gasteiger partial charge in [-0.05, 0) is 25.8 Å². The van der Waals surface area contributed by atoms with Crippen molar-refractivity contribution in [2.24, 2.45) is 5.41 Å². The molecule has 3 aromatic heterocycles. The third kappa shape index (κ3) is 3.10. The highest BCUT2D eigenvalue weighted by Gasteiger charge is 2.47. The number of aromatic nitrogens is 4. The van der Waals surface area contributed by atoms with E-state index in [4.69, 9.17) is 4.52 Å². The summed E-state index contributed by atoms with van der Waals surface area (Å²) in [6.45, 7) is 5.75. The van der Waals surface area contributed by atoms with E-state index < -0.39 is 0 Å². The van der Waals surface area contributed by atoms with E-state index in [1.807, 2.05) is 12.3 Å². The predicted octanol–water partition coefficient (Wildman–Crippen LogP) is 2.04. The maximum Gasteiger partial charge on any atom is 0.198 e. The van der Waals surface area contributed by atoms with Crippen LogP contribution in [-0.4, -0.2) is 63.5 Å². The molecule has 1 spiro atoms. The van der Waals surface area contributed by atoms with Crippen LogP contribution < -0.4 is 4.90 Å². The summed E-state index contributed by atoms with van der Waals surface area (Å²) in [6.07, 6.45) is 5.91. The van der Waals surface area contributed by atoms with E-state index in [9.17, 15) is 4.79 Å². The van der Waals surface area contributed by atoms with E-state index in [2.05, 4.69) is 29.9 Å². The molecule has 0 amide bonds. The summed E-state index contributed by atoms with van der Waals surface area (Å²) in [5.74, 6) is 1.66. The Morgan fingerprint density at radius 1 is 1.30 bits per heavy atom. The standard InChI is InChI=1S/C19H22N6O2/c1-13-8-15(23-27-13)16(26)9-24-6-7-25(11-19(10-24)3-4-19)18-14-2-5-20-17(14)21-12-22-18/h2,5,8,12H,3-4,6-7,9-11H2,1H3,(H,20,21,22). The van der Waals surface area contributed by atoms with Gasteiger partial charge < -0.3 is 14.4 Å². The third-order valence-corrected chi connectivity index (χ3v) is 5.64. The molecule has 0 bridgehead atoms. The van der Waals surface area contributed by atoms with Gasteiger partial charge in [0.2, 0.25) is 0 Å². The molecule has 140 valence electrons.